The van der Waals surface area contributed by atoms with Crippen molar-refractivity contribution < 1.29 is 4.79 Å². The lowest BCUT2D eigenvalue weighted by molar-refractivity contribution is -0.118. The quantitative estimate of drug-likeness (QED) is 0.568. The molecule has 1 heteroatoms. The molecule has 0 radical (unpaired) electrons. The highest BCUT2D eigenvalue weighted by Gasteiger charge is 2.31. The minimum absolute atomic E-state index is 0.172. The van der Waals surface area contributed by atoms with Gasteiger partial charge in [0, 0.05) is 6.42 Å². The monoisotopic (exact) mass is 152 g/mol. The Morgan fingerprint density at radius 3 is 2.45 bits per heavy atom. The van der Waals surface area contributed by atoms with E-state index in [-0.39, 0.29) is 5.41 Å². The first kappa shape index (κ1) is 8.51. The largest absolute Gasteiger partial charge is 0.300 e. The van der Waals surface area contributed by atoms with Gasteiger partial charge >= 0.3 is 0 Å². The van der Waals surface area contributed by atoms with Gasteiger partial charge in [-0.25, -0.2) is 0 Å². The van der Waals surface area contributed by atoms with Crippen molar-refractivity contribution in [3.63, 3.8) is 0 Å². The lowest BCUT2D eigenvalue weighted by Gasteiger charge is -2.22. The molecule has 0 aromatic rings. The molecule has 0 unspecified atom stereocenters. The summed E-state index contributed by atoms with van der Waals surface area (Å²) in [5.41, 5.74) is 0.172. The van der Waals surface area contributed by atoms with E-state index >= 15 is 0 Å². The van der Waals surface area contributed by atoms with Crippen molar-refractivity contribution in [3.8, 4) is 0 Å². The summed E-state index contributed by atoms with van der Waals surface area (Å²) in [5.74, 6) is 0.298. The molecule has 1 saturated carbocycles. The van der Waals surface area contributed by atoms with Gasteiger partial charge in [-0.05, 0) is 25.2 Å². The number of hydrogen-bond donors (Lipinski definition) is 0. The van der Waals surface area contributed by atoms with E-state index in [0.29, 0.717) is 12.2 Å². The summed E-state index contributed by atoms with van der Waals surface area (Å²) in [6, 6.07) is 0. The van der Waals surface area contributed by atoms with Gasteiger partial charge in [0.25, 0.3) is 0 Å². The van der Waals surface area contributed by atoms with Gasteiger partial charge in [0.05, 0.1) is 0 Å². The first-order valence-corrected chi connectivity index (χ1v) is 4.32. The fourth-order valence-corrected chi connectivity index (χ4v) is 2.03. The van der Waals surface area contributed by atoms with Crippen molar-refractivity contribution in [1.82, 2.24) is 0 Å². The van der Waals surface area contributed by atoms with Gasteiger partial charge < -0.3 is 0 Å². The van der Waals surface area contributed by atoms with E-state index in [4.69, 9.17) is 0 Å². The van der Waals surface area contributed by atoms with Crippen molar-refractivity contribution in [1.29, 1.82) is 0 Å². The van der Waals surface area contributed by atoms with Crippen LogP contribution in [0.25, 0.3) is 0 Å². The molecule has 0 saturated heterocycles. The Labute approximate surface area is 68.5 Å². The molecule has 1 nitrogen and oxygen atoms in total. The third-order valence-electron chi connectivity index (χ3n) is 2.63. The van der Waals surface area contributed by atoms with Crippen LogP contribution in [0, 0.1) is 5.41 Å². The standard InChI is InChI=1S/C10H16O/c1-3-10(8-9(2)11)6-4-5-7-10/h3H,1,4-8H2,2H3. The highest BCUT2D eigenvalue weighted by atomic mass is 16.1. The Morgan fingerprint density at radius 2 is 2.09 bits per heavy atom. The van der Waals surface area contributed by atoms with E-state index < -0.39 is 0 Å². The molecular weight excluding hydrogens is 136 g/mol. The predicted molar refractivity (Wildman–Crippen MR) is 46.4 cm³/mol. The minimum Gasteiger partial charge on any atom is -0.300 e. The molecule has 1 fully saturated rings. The Hall–Kier alpha value is -0.590. The Kier molecular flexibility index (Phi) is 2.48. The average molecular weight is 152 g/mol. The molecular formula is C10H16O. The van der Waals surface area contributed by atoms with Crippen LogP contribution < -0.4 is 0 Å². The van der Waals surface area contributed by atoms with E-state index in [0.717, 1.165) is 12.8 Å². The van der Waals surface area contributed by atoms with Gasteiger partial charge in [-0.15, -0.1) is 6.58 Å². The van der Waals surface area contributed by atoms with Crippen LogP contribution in [-0.4, -0.2) is 5.78 Å². The van der Waals surface area contributed by atoms with Gasteiger partial charge in [0.2, 0.25) is 0 Å². The Bertz CT molecular complexity index is 164. The summed E-state index contributed by atoms with van der Waals surface area (Å²) in [5, 5.41) is 0. The summed E-state index contributed by atoms with van der Waals surface area (Å²) >= 11 is 0. The van der Waals surface area contributed by atoms with Gasteiger partial charge in [-0.1, -0.05) is 18.9 Å². The lowest BCUT2D eigenvalue weighted by atomic mass is 9.82. The molecule has 1 aliphatic carbocycles. The predicted octanol–water partition coefficient (Wildman–Crippen LogP) is 2.71. The average Bonchev–Trinajstić information content (AvgIpc) is 2.36. The third-order valence-corrected chi connectivity index (χ3v) is 2.63. The second-order valence-corrected chi connectivity index (χ2v) is 3.65. The Morgan fingerprint density at radius 1 is 1.55 bits per heavy atom. The van der Waals surface area contributed by atoms with Crippen LogP contribution in [0.2, 0.25) is 0 Å². The molecule has 0 aliphatic heterocycles. The zero-order valence-corrected chi connectivity index (χ0v) is 7.23. The van der Waals surface area contributed by atoms with Crippen molar-refractivity contribution in [2.24, 2.45) is 5.41 Å². The highest BCUT2D eigenvalue weighted by molar-refractivity contribution is 5.76. The topological polar surface area (TPSA) is 17.1 Å². The van der Waals surface area contributed by atoms with Gasteiger partial charge in [-0.2, -0.15) is 0 Å². The van der Waals surface area contributed by atoms with Crippen molar-refractivity contribution in [2.75, 3.05) is 0 Å². The first-order valence-electron chi connectivity index (χ1n) is 4.32. The van der Waals surface area contributed by atoms with Gasteiger partial charge in [0.15, 0.2) is 0 Å². The second-order valence-electron chi connectivity index (χ2n) is 3.65. The molecule has 1 rings (SSSR count). The van der Waals surface area contributed by atoms with E-state index in [1.165, 1.54) is 12.8 Å². The molecule has 0 aromatic heterocycles. The third kappa shape index (κ3) is 1.92. The smallest absolute Gasteiger partial charge is 0.130 e. The maximum absolute atomic E-state index is 10.9. The van der Waals surface area contributed by atoms with Gasteiger partial charge in [-0.3, -0.25) is 4.79 Å². The van der Waals surface area contributed by atoms with Crippen LogP contribution in [0.4, 0.5) is 0 Å². The highest BCUT2D eigenvalue weighted by Crippen LogP contribution is 2.41. The number of rotatable bonds is 3. The number of carbonyl (C=O) groups is 1. The fraction of sp³-hybridized carbons (Fsp3) is 0.700. The van der Waals surface area contributed by atoms with Crippen LogP contribution in [0.1, 0.15) is 39.0 Å². The summed E-state index contributed by atoms with van der Waals surface area (Å²) in [6.45, 7) is 5.49. The van der Waals surface area contributed by atoms with E-state index in [1.54, 1.807) is 6.92 Å². The SMILES string of the molecule is C=CC1(CC(C)=O)CCCC1. The van der Waals surface area contributed by atoms with Gasteiger partial charge in [0.1, 0.15) is 5.78 Å². The maximum Gasteiger partial charge on any atom is 0.130 e. The van der Waals surface area contributed by atoms with Crippen molar-refractivity contribution in [3.05, 3.63) is 12.7 Å². The molecule has 0 spiro atoms. The van der Waals surface area contributed by atoms with Crippen LogP contribution in [0.15, 0.2) is 12.7 Å². The summed E-state index contributed by atoms with van der Waals surface area (Å²) < 4.78 is 0. The molecule has 62 valence electrons. The normalized spacial score (nSPS) is 21.5. The Balaban J connectivity index is 2.59. The van der Waals surface area contributed by atoms with Crippen LogP contribution in [0.3, 0.4) is 0 Å². The number of hydrogen-bond acceptors (Lipinski definition) is 1. The molecule has 0 amide bonds. The second kappa shape index (κ2) is 3.21. The maximum atomic E-state index is 10.9. The van der Waals surface area contributed by atoms with Crippen LogP contribution in [0.5, 0.6) is 0 Å². The summed E-state index contributed by atoms with van der Waals surface area (Å²) in [6.07, 6.45) is 7.54. The van der Waals surface area contributed by atoms with E-state index in [2.05, 4.69) is 6.58 Å². The number of carbonyl (C=O) groups excluding carboxylic acids is 1. The van der Waals surface area contributed by atoms with Crippen molar-refractivity contribution in [2.45, 2.75) is 39.0 Å². The number of allylic oxidation sites excluding steroid dienone is 1. The molecule has 1 aliphatic rings. The molecule has 0 atom stereocenters. The zero-order chi connectivity index (χ0) is 8.32. The number of ketones is 1. The molecule has 0 N–H and O–H groups in total. The van der Waals surface area contributed by atoms with E-state index in [9.17, 15) is 4.79 Å². The summed E-state index contributed by atoms with van der Waals surface area (Å²) in [4.78, 5) is 10.9. The first-order chi connectivity index (χ1) is 5.18. The molecule has 0 aromatic carbocycles. The lowest BCUT2D eigenvalue weighted by Crippen LogP contribution is -2.16. The minimum atomic E-state index is 0.172. The molecule has 11 heavy (non-hydrogen) atoms. The van der Waals surface area contributed by atoms with Crippen LogP contribution in [-0.2, 0) is 4.79 Å². The molecule has 0 bridgehead atoms. The summed E-state index contributed by atoms with van der Waals surface area (Å²) in [7, 11) is 0. The van der Waals surface area contributed by atoms with Crippen molar-refractivity contribution >= 4 is 5.78 Å². The van der Waals surface area contributed by atoms with Crippen LogP contribution >= 0.6 is 0 Å². The zero-order valence-electron chi connectivity index (χ0n) is 7.23. The van der Waals surface area contributed by atoms with E-state index in [1.807, 2.05) is 6.08 Å². The number of Topliss-reactive ketones (excluding diaryl/α,β-unsaturated/α-hetero) is 1. The molecule has 0 heterocycles. The fourth-order valence-electron chi connectivity index (χ4n) is 2.03.